The summed E-state index contributed by atoms with van der Waals surface area (Å²) in [5.74, 6) is -0.527. The van der Waals surface area contributed by atoms with E-state index in [4.69, 9.17) is 21.7 Å². The minimum atomic E-state index is -0.852. The van der Waals surface area contributed by atoms with E-state index in [-0.39, 0.29) is 24.0 Å². The number of nitrogens with zero attached hydrogens (tertiary/aromatic N) is 1. The van der Waals surface area contributed by atoms with Gasteiger partial charge in [0.25, 0.3) is 5.91 Å². The van der Waals surface area contributed by atoms with Crippen molar-refractivity contribution in [2.45, 2.75) is 45.1 Å². The molecule has 0 radical (unpaired) electrons. The summed E-state index contributed by atoms with van der Waals surface area (Å²) in [5, 5.41) is 5.52. The van der Waals surface area contributed by atoms with Crippen LogP contribution in [0.3, 0.4) is 0 Å². The zero-order valence-corrected chi connectivity index (χ0v) is 21.4. The largest absolute Gasteiger partial charge is 0.494 e. The van der Waals surface area contributed by atoms with E-state index in [9.17, 15) is 14.4 Å². The molecule has 1 heterocycles. The van der Waals surface area contributed by atoms with Gasteiger partial charge in [-0.3, -0.25) is 19.7 Å². The van der Waals surface area contributed by atoms with Crippen LogP contribution in [0.15, 0.2) is 54.6 Å². The maximum absolute atomic E-state index is 12.7. The molecule has 9 heteroatoms. The van der Waals surface area contributed by atoms with Gasteiger partial charge in [-0.25, -0.2) is 0 Å². The molecule has 192 valence electrons. The molecular weight excluding hydrogens is 478 g/mol. The van der Waals surface area contributed by atoms with Gasteiger partial charge in [-0.05, 0) is 48.5 Å². The molecule has 2 N–H and O–H groups in total. The van der Waals surface area contributed by atoms with Crippen molar-refractivity contribution in [1.82, 2.24) is 15.5 Å². The first-order valence-electron chi connectivity index (χ1n) is 12.3. The molecule has 0 bridgehead atoms. The molecule has 0 aliphatic carbocycles. The Bertz CT molecular complexity index is 1030. The normalized spacial score (nSPS) is 15.1. The average Bonchev–Trinajstić information content (AvgIpc) is 2.88. The Labute approximate surface area is 217 Å². The number of hydrogen-bond donors (Lipinski definition) is 2. The van der Waals surface area contributed by atoms with E-state index < -0.39 is 17.9 Å². The summed E-state index contributed by atoms with van der Waals surface area (Å²) in [7, 11) is 0. The molecule has 2 aromatic rings. The molecule has 8 nitrogen and oxygen atoms in total. The van der Waals surface area contributed by atoms with Crippen LogP contribution in [-0.4, -0.2) is 60.1 Å². The Morgan fingerprint density at radius 2 is 1.83 bits per heavy atom. The predicted octanol–water partition coefficient (Wildman–Crippen LogP) is 3.25. The van der Waals surface area contributed by atoms with Crippen LogP contribution < -0.4 is 15.4 Å². The van der Waals surface area contributed by atoms with Crippen molar-refractivity contribution in [2.24, 2.45) is 0 Å². The molecular formula is C27H33N3O5S. The van der Waals surface area contributed by atoms with Gasteiger partial charge in [-0.15, -0.1) is 0 Å². The second kappa shape index (κ2) is 14.2. The smallest absolute Gasteiger partial charge is 0.308 e. The first-order valence-corrected chi connectivity index (χ1v) is 12.7. The predicted molar refractivity (Wildman–Crippen MR) is 141 cm³/mol. The number of carbonyl (C=O) groups is 3. The van der Waals surface area contributed by atoms with Gasteiger partial charge in [0.1, 0.15) is 11.8 Å². The van der Waals surface area contributed by atoms with E-state index in [0.29, 0.717) is 37.4 Å². The summed E-state index contributed by atoms with van der Waals surface area (Å²) in [5.41, 5.74) is 1.47. The second-order valence-corrected chi connectivity index (χ2v) is 8.89. The Hall–Kier alpha value is -3.46. The number of piperazine rings is 1. The molecule has 0 aromatic heterocycles. The highest BCUT2D eigenvalue weighted by Crippen LogP contribution is 2.15. The quantitative estimate of drug-likeness (QED) is 0.272. The van der Waals surface area contributed by atoms with Crippen LogP contribution in [0.2, 0.25) is 0 Å². The molecule has 3 rings (SSSR count). The lowest BCUT2D eigenvalue weighted by Gasteiger charge is -2.36. The van der Waals surface area contributed by atoms with Crippen LogP contribution in [0.4, 0.5) is 0 Å². The number of rotatable bonds is 11. The van der Waals surface area contributed by atoms with Crippen molar-refractivity contribution in [2.75, 3.05) is 26.3 Å². The third-order valence-corrected chi connectivity index (χ3v) is 6.14. The Balaban J connectivity index is 1.51. The van der Waals surface area contributed by atoms with Gasteiger partial charge in [0.15, 0.2) is 5.11 Å². The lowest BCUT2D eigenvalue weighted by molar-refractivity contribution is -0.147. The van der Waals surface area contributed by atoms with E-state index in [1.807, 2.05) is 30.3 Å². The number of thiocarbonyl (C=S) groups is 1. The number of ether oxygens (including phenoxy) is 2. The minimum Gasteiger partial charge on any atom is -0.494 e. The summed E-state index contributed by atoms with van der Waals surface area (Å²) in [6.07, 6.45) is 3.64. The number of benzene rings is 2. The maximum atomic E-state index is 12.7. The molecule has 0 spiro atoms. The van der Waals surface area contributed by atoms with Gasteiger partial charge >= 0.3 is 5.97 Å². The van der Waals surface area contributed by atoms with Crippen molar-refractivity contribution < 1.29 is 23.9 Å². The number of hydrogen-bond acceptors (Lipinski definition) is 6. The van der Waals surface area contributed by atoms with Crippen molar-refractivity contribution >= 4 is 35.1 Å². The molecule has 1 atom stereocenters. The maximum Gasteiger partial charge on any atom is 0.308 e. The van der Waals surface area contributed by atoms with Crippen molar-refractivity contribution in [3.8, 4) is 5.75 Å². The highest BCUT2D eigenvalue weighted by Gasteiger charge is 2.34. The Morgan fingerprint density at radius 1 is 1.08 bits per heavy atom. The molecule has 2 amide bonds. The fourth-order valence-corrected chi connectivity index (χ4v) is 4.10. The lowest BCUT2D eigenvalue weighted by atomic mass is 10.1. The van der Waals surface area contributed by atoms with E-state index in [2.05, 4.69) is 17.6 Å². The fourth-order valence-electron chi connectivity index (χ4n) is 3.79. The van der Waals surface area contributed by atoms with E-state index in [1.54, 1.807) is 29.2 Å². The molecule has 1 fully saturated rings. The third-order valence-electron chi connectivity index (χ3n) is 5.80. The molecule has 1 aliphatic heterocycles. The highest BCUT2D eigenvalue weighted by molar-refractivity contribution is 7.80. The first kappa shape index (κ1) is 27.1. The Morgan fingerprint density at radius 3 is 2.56 bits per heavy atom. The fraction of sp³-hybridized carbons (Fsp3) is 0.407. The summed E-state index contributed by atoms with van der Waals surface area (Å²) >= 11 is 5.43. The van der Waals surface area contributed by atoms with Crippen molar-refractivity contribution in [1.29, 1.82) is 0 Å². The standard InChI is InChI=1S/C27H33N3O5S/c1-2-3-7-17-34-22-12-10-21(11-13-22)25(32)29-27(36)30-16-15-28-26(33)23(30)19-24(31)35-18-14-20-8-5-4-6-9-20/h4-6,8-13,23H,2-3,7,14-19H2,1H3,(H,28,33)(H,29,32,36). The van der Waals surface area contributed by atoms with Crippen molar-refractivity contribution in [3.63, 3.8) is 0 Å². The monoisotopic (exact) mass is 511 g/mol. The van der Waals surface area contributed by atoms with Crippen LogP contribution in [-0.2, 0) is 20.7 Å². The summed E-state index contributed by atoms with van der Waals surface area (Å²) in [6, 6.07) is 15.6. The topological polar surface area (TPSA) is 97.0 Å². The van der Waals surface area contributed by atoms with Crippen molar-refractivity contribution in [3.05, 3.63) is 65.7 Å². The number of amides is 2. The van der Waals surface area contributed by atoms with Gasteiger partial charge in [0, 0.05) is 25.1 Å². The van der Waals surface area contributed by atoms with Gasteiger partial charge in [-0.1, -0.05) is 50.1 Å². The van der Waals surface area contributed by atoms with Crippen LogP contribution in [0.5, 0.6) is 5.75 Å². The molecule has 1 aliphatic rings. The first-order chi connectivity index (χ1) is 17.5. The number of unbranched alkanes of at least 4 members (excludes halogenated alkanes) is 2. The summed E-state index contributed by atoms with van der Waals surface area (Å²) in [4.78, 5) is 39.2. The number of carbonyl (C=O) groups excluding carboxylic acids is 3. The molecule has 0 saturated carbocycles. The zero-order chi connectivity index (χ0) is 25.8. The average molecular weight is 512 g/mol. The second-order valence-electron chi connectivity index (χ2n) is 8.50. The molecule has 36 heavy (non-hydrogen) atoms. The van der Waals surface area contributed by atoms with Gasteiger partial charge in [0.2, 0.25) is 5.91 Å². The third kappa shape index (κ3) is 8.34. The molecule has 1 unspecified atom stereocenters. The van der Waals surface area contributed by atoms with Crippen LogP contribution in [0.1, 0.15) is 48.5 Å². The van der Waals surface area contributed by atoms with Gasteiger partial charge < -0.3 is 19.7 Å². The SMILES string of the molecule is CCCCCOc1ccc(C(=O)NC(=S)N2CCNC(=O)C2CC(=O)OCCc2ccccc2)cc1. The number of esters is 1. The van der Waals surface area contributed by atoms with E-state index in [0.717, 1.165) is 24.8 Å². The summed E-state index contributed by atoms with van der Waals surface area (Å²) < 4.78 is 11.0. The summed E-state index contributed by atoms with van der Waals surface area (Å²) in [6.45, 7) is 3.72. The minimum absolute atomic E-state index is 0.0943. The number of nitrogens with one attached hydrogen (secondary N) is 2. The van der Waals surface area contributed by atoms with Crippen LogP contribution in [0.25, 0.3) is 0 Å². The highest BCUT2D eigenvalue weighted by atomic mass is 32.1. The van der Waals surface area contributed by atoms with Gasteiger partial charge in [-0.2, -0.15) is 0 Å². The lowest BCUT2D eigenvalue weighted by Crippen LogP contribution is -2.60. The van der Waals surface area contributed by atoms with E-state index in [1.165, 1.54) is 0 Å². The van der Waals surface area contributed by atoms with Gasteiger partial charge in [0.05, 0.1) is 19.6 Å². The van der Waals surface area contributed by atoms with Crippen LogP contribution >= 0.6 is 12.2 Å². The Kier molecular flexibility index (Phi) is 10.7. The zero-order valence-electron chi connectivity index (χ0n) is 20.5. The van der Waals surface area contributed by atoms with Crippen LogP contribution in [0, 0.1) is 0 Å². The molecule has 2 aromatic carbocycles. The molecule has 1 saturated heterocycles. The van der Waals surface area contributed by atoms with E-state index >= 15 is 0 Å².